The highest BCUT2D eigenvalue weighted by atomic mass is 32.1. The number of rotatable bonds is 7. The summed E-state index contributed by atoms with van der Waals surface area (Å²) < 4.78 is 10.5. The predicted molar refractivity (Wildman–Crippen MR) is 88.8 cm³/mol. The number of ether oxygens (including phenoxy) is 2. The molecule has 2 aromatic rings. The molecular formula is C17H21NO3S. The minimum Gasteiger partial charge on any atom is -0.493 e. The maximum atomic E-state index is 11.9. The summed E-state index contributed by atoms with van der Waals surface area (Å²) in [5, 5.41) is 5.00. The summed E-state index contributed by atoms with van der Waals surface area (Å²) in [6, 6.07) is 7.80. The topological polar surface area (TPSA) is 47.6 Å². The Bertz CT molecular complexity index is 637. The van der Waals surface area contributed by atoms with Crippen LogP contribution in [0.15, 0.2) is 29.6 Å². The van der Waals surface area contributed by atoms with Crippen molar-refractivity contribution in [1.29, 1.82) is 0 Å². The molecule has 1 heterocycles. The molecule has 5 heteroatoms. The summed E-state index contributed by atoms with van der Waals surface area (Å²) >= 11 is 1.67. The highest BCUT2D eigenvalue weighted by Gasteiger charge is 2.08. The molecule has 0 aliphatic rings. The Morgan fingerprint density at radius 2 is 1.95 bits per heavy atom. The maximum Gasteiger partial charge on any atom is 0.220 e. The van der Waals surface area contributed by atoms with E-state index in [1.807, 2.05) is 23.6 Å². The zero-order chi connectivity index (χ0) is 15.9. The summed E-state index contributed by atoms with van der Waals surface area (Å²) in [6.07, 6.45) is 1.13. The summed E-state index contributed by atoms with van der Waals surface area (Å²) in [5.41, 5.74) is 2.28. The third-order valence-corrected chi connectivity index (χ3v) is 4.53. The largest absolute Gasteiger partial charge is 0.493 e. The van der Waals surface area contributed by atoms with E-state index in [-0.39, 0.29) is 5.91 Å². The van der Waals surface area contributed by atoms with Crippen molar-refractivity contribution in [3.63, 3.8) is 0 Å². The van der Waals surface area contributed by atoms with Crippen LogP contribution in [0.4, 0.5) is 0 Å². The quantitative estimate of drug-likeness (QED) is 0.851. The van der Waals surface area contributed by atoms with Crippen LogP contribution < -0.4 is 14.8 Å². The minimum absolute atomic E-state index is 0.0579. The van der Waals surface area contributed by atoms with Crippen LogP contribution >= 0.6 is 11.3 Å². The van der Waals surface area contributed by atoms with Crippen LogP contribution in [0.3, 0.4) is 0 Å². The Balaban J connectivity index is 1.84. The maximum absolute atomic E-state index is 11.9. The molecule has 0 radical (unpaired) electrons. The molecule has 0 aliphatic carbocycles. The van der Waals surface area contributed by atoms with E-state index >= 15 is 0 Å². The molecular weight excluding hydrogens is 298 g/mol. The Hall–Kier alpha value is -2.01. The molecule has 0 spiro atoms. The number of hydrogen-bond donors (Lipinski definition) is 1. The van der Waals surface area contributed by atoms with Gasteiger partial charge in [0.2, 0.25) is 5.91 Å². The van der Waals surface area contributed by atoms with Gasteiger partial charge < -0.3 is 14.8 Å². The van der Waals surface area contributed by atoms with Gasteiger partial charge in [0.25, 0.3) is 0 Å². The van der Waals surface area contributed by atoms with Gasteiger partial charge in [0.05, 0.1) is 20.8 Å². The van der Waals surface area contributed by atoms with E-state index in [1.165, 1.54) is 10.4 Å². The Labute approximate surface area is 135 Å². The lowest BCUT2D eigenvalue weighted by Crippen LogP contribution is -2.22. The number of amides is 1. The molecule has 118 valence electrons. The van der Waals surface area contributed by atoms with Crippen LogP contribution in [-0.4, -0.2) is 20.1 Å². The SMILES string of the molecule is COc1ccc(CCC(=O)NCc2sccc2C)cc1OC. The first-order chi connectivity index (χ1) is 10.6. The van der Waals surface area contributed by atoms with Gasteiger partial charge in [0.15, 0.2) is 11.5 Å². The lowest BCUT2D eigenvalue weighted by Gasteiger charge is -2.09. The van der Waals surface area contributed by atoms with E-state index in [1.54, 1.807) is 25.6 Å². The Kier molecular flexibility index (Phi) is 5.83. The molecule has 1 amide bonds. The lowest BCUT2D eigenvalue weighted by molar-refractivity contribution is -0.121. The van der Waals surface area contributed by atoms with Crippen LogP contribution in [0.5, 0.6) is 11.5 Å². The first kappa shape index (κ1) is 16.4. The summed E-state index contributed by atoms with van der Waals surface area (Å²) in [4.78, 5) is 13.1. The van der Waals surface area contributed by atoms with Crippen LogP contribution in [0, 0.1) is 6.92 Å². The van der Waals surface area contributed by atoms with Gasteiger partial charge in [0, 0.05) is 11.3 Å². The monoisotopic (exact) mass is 319 g/mol. The molecule has 0 unspecified atom stereocenters. The summed E-state index contributed by atoms with van der Waals surface area (Å²) in [5.74, 6) is 1.45. The van der Waals surface area contributed by atoms with Crippen molar-refractivity contribution in [2.45, 2.75) is 26.3 Å². The van der Waals surface area contributed by atoms with Gasteiger partial charge in [-0.1, -0.05) is 6.07 Å². The zero-order valence-corrected chi connectivity index (χ0v) is 14.0. The fourth-order valence-electron chi connectivity index (χ4n) is 2.15. The Morgan fingerprint density at radius 3 is 2.59 bits per heavy atom. The van der Waals surface area contributed by atoms with Crippen molar-refractivity contribution < 1.29 is 14.3 Å². The molecule has 1 aromatic carbocycles. The number of carbonyl (C=O) groups is 1. The van der Waals surface area contributed by atoms with Gasteiger partial charge in [-0.25, -0.2) is 0 Å². The summed E-state index contributed by atoms with van der Waals surface area (Å²) in [7, 11) is 3.22. The lowest BCUT2D eigenvalue weighted by atomic mass is 10.1. The molecule has 4 nitrogen and oxygen atoms in total. The molecule has 0 bridgehead atoms. The summed E-state index contributed by atoms with van der Waals surface area (Å²) in [6.45, 7) is 2.66. The minimum atomic E-state index is 0.0579. The second-order valence-electron chi connectivity index (χ2n) is 4.99. The van der Waals surface area contributed by atoms with Crippen LogP contribution in [0.2, 0.25) is 0 Å². The van der Waals surface area contributed by atoms with Crippen LogP contribution in [-0.2, 0) is 17.8 Å². The molecule has 1 N–H and O–H groups in total. The number of carbonyl (C=O) groups excluding carboxylic acids is 1. The zero-order valence-electron chi connectivity index (χ0n) is 13.1. The highest BCUT2D eigenvalue weighted by molar-refractivity contribution is 7.10. The molecule has 1 aromatic heterocycles. The van der Waals surface area contributed by atoms with Crippen molar-refractivity contribution in [1.82, 2.24) is 5.32 Å². The Morgan fingerprint density at radius 1 is 1.18 bits per heavy atom. The number of hydrogen-bond acceptors (Lipinski definition) is 4. The number of thiophene rings is 1. The second-order valence-corrected chi connectivity index (χ2v) is 5.99. The van der Waals surface area contributed by atoms with E-state index in [0.717, 1.165) is 5.56 Å². The van der Waals surface area contributed by atoms with Crippen molar-refractivity contribution in [2.75, 3.05) is 14.2 Å². The fraction of sp³-hybridized carbons (Fsp3) is 0.353. The molecule has 0 fully saturated rings. The molecule has 0 atom stereocenters. The normalized spacial score (nSPS) is 10.3. The number of benzene rings is 1. The number of methoxy groups -OCH3 is 2. The van der Waals surface area contributed by atoms with Gasteiger partial charge in [-0.2, -0.15) is 0 Å². The van der Waals surface area contributed by atoms with Crippen molar-refractivity contribution in [3.8, 4) is 11.5 Å². The first-order valence-electron chi connectivity index (χ1n) is 7.14. The molecule has 0 saturated carbocycles. The standard InChI is InChI=1S/C17H21NO3S/c1-12-8-9-22-16(12)11-18-17(19)7-5-13-4-6-14(20-2)15(10-13)21-3/h4,6,8-10H,5,7,11H2,1-3H3,(H,18,19). The average molecular weight is 319 g/mol. The van der Waals surface area contributed by atoms with Gasteiger partial charge in [0.1, 0.15) is 0 Å². The fourth-order valence-corrected chi connectivity index (χ4v) is 2.99. The van der Waals surface area contributed by atoms with Gasteiger partial charge in [-0.3, -0.25) is 4.79 Å². The van der Waals surface area contributed by atoms with E-state index in [2.05, 4.69) is 18.3 Å². The van der Waals surface area contributed by atoms with E-state index in [4.69, 9.17) is 9.47 Å². The van der Waals surface area contributed by atoms with Gasteiger partial charge in [-0.05, 0) is 48.1 Å². The third-order valence-electron chi connectivity index (χ3n) is 3.50. The first-order valence-corrected chi connectivity index (χ1v) is 8.02. The highest BCUT2D eigenvalue weighted by Crippen LogP contribution is 2.27. The number of nitrogens with one attached hydrogen (secondary N) is 1. The van der Waals surface area contributed by atoms with Crippen molar-refractivity contribution in [3.05, 3.63) is 45.6 Å². The molecule has 0 saturated heterocycles. The van der Waals surface area contributed by atoms with E-state index in [0.29, 0.717) is 30.9 Å². The van der Waals surface area contributed by atoms with Crippen LogP contribution in [0.1, 0.15) is 22.4 Å². The third kappa shape index (κ3) is 4.24. The van der Waals surface area contributed by atoms with E-state index in [9.17, 15) is 4.79 Å². The smallest absolute Gasteiger partial charge is 0.220 e. The van der Waals surface area contributed by atoms with Gasteiger partial charge in [-0.15, -0.1) is 11.3 Å². The van der Waals surface area contributed by atoms with Crippen LogP contribution in [0.25, 0.3) is 0 Å². The number of aryl methyl sites for hydroxylation is 2. The van der Waals surface area contributed by atoms with E-state index < -0.39 is 0 Å². The molecule has 22 heavy (non-hydrogen) atoms. The average Bonchev–Trinajstić information content (AvgIpc) is 2.95. The van der Waals surface area contributed by atoms with Crippen molar-refractivity contribution >= 4 is 17.2 Å². The molecule has 2 rings (SSSR count). The predicted octanol–water partition coefficient (Wildman–Crippen LogP) is 3.32. The van der Waals surface area contributed by atoms with Crippen molar-refractivity contribution in [2.24, 2.45) is 0 Å². The second kappa shape index (κ2) is 7.84. The molecule has 0 aliphatic heterocycles. The van der Waals surface area contributed by atoms with Gasteiger partial charge >= 0.3 is 0 Å².